The predicted molar refractivity (Wildman–Crippen MR) is 49.3 cm³/mol. The van der Waals surface area contributed by atoms with Gasteiger partial charge in [-0.1, -0.05) is 0 Å². The Morgan fingerprint density at radius 1 is 1.67 bits per heavy atom. The zero-order chi connectivity index (χ0) is 8.39. The van der Waals surface area contributed by atoms with Crippen molar-refractivity contribution in [3.8, 4) is 0 Å². The van der Waals surface area contributed by atoms with E-state index in [1.54, 1.807) is 6.33 Å². The molecule has 1 aliphatic heterocycles. The number of rotatable bonds is 1. The van der Waals surface area contributed by atoms with Crippen LogP contribution in [-0.2, 0) is 0 Å². The molecule has 1 saturated heterocycles. The van der Waals surface area contributed by atoms with E-state index in [0.29, 0.717) is 6.04 Å². The maximum atomic E-state index is 5.85. The molecule has 1 atom stereocenters. The number of nitrogens with two attached hydrogens (primary N) is 1. The fourth-order valence-corrected chi connectivity index (χ4v) is 2.05. The molecule has 5 heteroatoms. The average molecular weight is 184 g/mol. The van der Waals surface area contributed by atoms with Crippen LogP contribution < -0.4 is 10.6 Å². The van der Waals surface area contributed by atoms with E-state index in [9.17, 15) is 0 Å². The van der Waals surface area contributed by atoms with Crippen LogP contribution in [0.25, 0.3) is 0 Å². The number of piperidine rings is 1. The Hall–Kier alpha value is -0.680. The highest BCUT2D eigenvalue weighted by molar-refractivity contribution is 7.09. The van der Waals surface area contributed by atoms with E-state index >= 15 is 0 Å². The molecular weight excluding hydrogens is 172 g/mol. The van der Waals surface area contributed by atoms with Gasteiger partial charge in [0, 0.05) is 30.7 Å². The number of aromatic nitrogens is 2. The molecule has 0 aromatic carbocycles. The highest BCUT2D eigenvalue weighted by atomic mass is 32.1. The first-order valence-electron chi connectivity index (χ1n) is 4.13. The van der Waals surface area contributed by atoms with Crippen molar-refractivity contribution in [2.75, 3.05) is 18.0 Å². The predicted octanol–water partition coefficient (Wildman–Crippen LogP) is 0.466. The van der Waals surface area contributed by atoms with Gasteiger partial charge in [0.2, 0.25) is 5.13 Å². The zero-order valence-corrected chi connectivity index (χ0v) is 7.63. The molecule has 0 amide bonds. The molecule has 1 fully saturated rings. The summed E-state index contributed by atoms with van der Waals surface area (Å²) in [5, 5.41) is 1.00. The van der Waals surface area contributed by atoms with Crippen molar-refractivity contribution in [2.45, 2.75) is 18.9 Å². The second-order valence-corrected chi connectivity index (χ2v) is 3.83. The highest BCUT2D eigenvalue weighted by Gasteiger charge is 2.18. The summed E-state index contributed by atoms with van der Waals surface area (Å²) in [4.78, 5) is 6.37. The number of nitrogens with zero attached hydrogens (tertiary/aromatic N) is 3. The first kappa shape index (κ1) is 7.94. The third-order valence-corrected chi connectivity index (χ3v) is 2.80. The summed E-state index contributed by atoms with van der Waals surface area (Å²) in [6, 6.07) is 0.308. The van der Waals surface area contributed by atoms with E-state index in [1.165, 1.54) is 18.0 Å². The van der Waals surface area contributed by atoms with Gasteiger partial charge in [-0.3, -0.25) is 0 Å². The van der Waals surface area contributed by atoms with Gasteiger partial charge in [-0.25, -0.2) is 4.98 Å². The van der Waals surface area contributed by atoms with Gasteiger partial charge in [0.05, 0.1) is 0 Å². The molecule has 0 radical (unpaired) electrons. The lowest BCUT2D eigenvalue weighted by molar-refractivity contribution is 0.505. The minimum absolute atomic E-state index is 0.308. The van der Waals surface area contributed by atoms with E-state index in [1.807, 2.05) is 0 Å². The Kier molecular flexibility index (Phi) is 2.23. The number of hydrogen-bond donors (Lipinski definition) is 1. The summed E-state index contributed by atoms with van der Waals surface area (Å²) in [5.74, 6) is 0. The molecule has 66 valence electrons. The molecule has 2 rings (SSSR count). The monoisotopic (exact) mass is 184 g/mol. The van der Waals surface area contributed by atoms with E-state index in [2.05, 4.69) is 14.3 Å². The summed E-state index contributed by atoms with van der Waals surface area (Å²) in [5.41, 5.74) is 5.85. The lowest BCUT2D eigenvalue weighted by Crippen LogP contribution is -2.42. The van der Waals surface area contributed by atoms with Gasteiger partial charge in [0.15, 0.2) is 0 Å². The molecular formula is C7H12N4S. The molecule has 0 bridgehead atoms. The van der Waals surface area contributed by atoms with Gasteiger partial charge in [-0.15, -0.1) is 0 Å². The number of hydrogen-bond acceptors (Lipinski definition) is 5. The lowest BCUT2D eigenvalue weighted by atomic mass is 10.1. The van der Waals surface area contributed by atoms with Gasteiger partial charge < -0.3 is 10.6 Å². The molecule has 2 N–H and O–H groups in total. The first-order valence-corrected chi connectivity index (χ1v) is 4.91. The third kappa shape index (κ3) is 1.56. The summed E-state index contributed by atoms with van der Waals surface area (Å²) >= 11 is 1.44. The largest absolute Gasteiger partial charge is 0.345 e. The number of anilines is 1. The molecule has 12 heavy (non-hydrogen) atoms. The van der Waals surface area contributed by atoms with Crippen LogP contribution in [0.5, 0.6) is 0 Å². The normalized spacial score (nSPS) is 24.4. The maximum Gasteiger partial charge on any atom is 0.204 e. The fourth-order valence-electron chi connectivity index (χ4n) is 1.49. The van der Waals surface area contributed by atoms with Crippen LogP contribution in [0.2, 0.25) is 0 Å². The van der Waals surface area contributed by atoms with Crippen LogP contribution in [-0.4, -0.2) is 28.5 Å². The second-order valence-electron chi connectivity index (χ2n) is 3.07. The molecule has 1 aliphatic rings. The van der Waals surface area contributed by atoms with Crippen molar-refractivity contribution < 1.29 is 0 Å². The highest BCUT2D eigenvalue weighted by Crippen LogP contribution is 2.19. The van der Waals surface area contributed by atoms with Crippen molar-refractivity contribution in [1.29, 1.82) is 0 Å². The topological polar surface area (TPSA) is 55.0 Å². The van der Waals surface area contributed by atoms with Gasteiger partial charge >= 0.3 is 0 Å². The van der Waals surface area contributed by atoms with E-state index in [4.69, 9.17) is 5.73 Å². The quantitative estimate of drug-likeness (QED) is 0.689. The Bertz CT molecular complexity index is 236. The molecule has 0 spiro atoms. The van der Waals surface area contributed by atoms with Crippen LogP contribution in [0.15, 0.2) is 6.33 Å². The van der Waals surface area contributed by atoms with Crippen molar-refractivity contribution in [2.24, 2.45) is 5.73 Å². The summed E-state index contributed by atoms with van der Waals surface area (Å²) in [7, 11) is 0. The molecule has 4 nitrogen and oxygen atoms in total. The SMILES string of the molecule is NC1CCCN(c2ncns2)C1. The standard InChI is InChI=1S/C7H12N4S/c8-6-2-1-3-11(4-6)7-9-5-10-12-7/h5-6H,1-4,8H2. The zero-order valence-electron chi connectivity index (χ0n) is 6.81. The fraction of sp³-hybridized carbons (Fsp3) is 0.714. The third-order valence-electron chi connectivity index (χ3n) is 2.08. The van der Waals surface area contributed by atoms with E-state index < -0.39 is 0 Å². The molecule has 2 heterocycles. The lowest BCUT2D eigenvalue weighted by Gasteiger charge is -2.29. The van der Waals surface area contributed by atoms with Crippen molar-refractivity contribution >= 4 is 16.7 Å². The molecule has 1 aromatic heterocycles. The Labute approximate surface area is 75.6 Å². The smallest absolute Gasteiger partial charge is 0.204 e. The molecule has 1 unspecified atom stereocenters. The Morgan fingerprint density at radius 2 is 2.58 bits per heavy atom. The average Bonchev–Trinajstić information content (AvgIpc) is 2.56. The minimum atomic E-state index is 0.308. The van der Waals surface area contributed by atoms with E-state index in [-0.39, 0.29) is 0 Å². The van der Waals surface area contributed by atoms with E-state index in [0.717, 1.165) is 24.6 Å². The van der Waals surface area contributed by atoms with Crippen LogP contribution >= 0.6 is 11.5 Å². The van der Waals surface area contributed by atoms with Gasteiger partial charge in [-0.05, 0) is 12.8 Å². The first-order chi connectivity index (χ1) is 5.86. The second kappa shape index (κ2) is 3.37. The summed E-state index contributed by atoms with van der Waals surface area (Å²) in [6.07, 6.45) is 3.90. The van der Waals surface area contributed by atoms with Gasteiger partial charge in [0.25, 0.3) is 0 Å². The van der Waals surface area contributed by atoms with Crippen LogP contribution in [0.1, 0.15) is 12.8 Å². The van der Waals surface area contributed by atoms with Crippen molar-refractivity contribution in [3.05, 3.63) is 6.33 Å². The van der Waals surface area contributed by atoms with Crippen LogP contribution in [0.4, 0.5) is 5.13 Å². The van der Waals surface area contributed by atoms with Gasteiger partial charge in [-0.2, -0.15) is 4.37 Å². The van der Waals surface area contributed by atoms with Crippen molar-refractivity contribution in [1.82, 2.24) is 9.36 Å². The van der Waals surface area contributed by atoms with Crippen molar-refractivity contribution in [3.63, 3.8) is 0 Å². The molecule has 0 aliphatic carbocycles. The Morgan fingerprint density at radius 3 is 3.25 bits per heavy atom. The maximum absolute atomic E-state index is 5.85. The van der Waals surface area contributed by atoms with Gasteiger partial charge in [0.1, 0.15) is 6.33 Å². The molecule has 0 saturated carbocycles. The van der Waals surface area contributed by atoms with Crippen LogP contribution in [0, 0.1) is 0 Å². The summed E-state index contributed by atoms with van der Waals surface area (Å²) < 4.78 is 3.97. The minimum Gasteiger partial charge on any atom is -0.345 e. The Balaban J connectivity index is 2.04. The summed E-state index contributed by atoms with van der Waals surface area (Å²) in [6.45, 7) is 2.00. The molecule has 1 aromatic rings. The van der Waals surface area contributed by atoms with Crippen LogP contribution in [0.3, 0.4) is 0 Å².